The highest BCUT2D eigenvalue weighted by Gasteiger charge is 2.25. The zero-order valence-corrected chi connectivity index (χ0v) is 11.6. The van der Waals surface area contributed by atoms with Gasteiger partial charge in [0.05, 0.1) is 0 Å². The van der Waals surface area contributed by atoms with Gasteiger partial charge in [-0.3, -0.25) is 0 Å². The molecule has 1 aromatic carbocycles. The SMILES string of the molecule is Cc1ccc(F)c2c1NC(CNC1CCCCC1)C2. The smallest absolute Gasteiger partial charge is 0.128 e. The summed E-state index contributed by atoms with van der Waals surface area (Å²) < 4.78 is 13.8. The second kappa shape index (κ2) is 5.49. The molecule has 104 valence electrons. The van der Waals surface area contributed by atoms with Crippen molar-refractivity contribution < 1.29 is 4.39 Å². The third kappa shape index (κ3) is 2.76. The summed E-state index contributed by atoms with van der Waals surface area (Å²) in [6, 6.07) is 4.46. The monoisotopic (exact) mass is 262 g/mol. The van der Waals surface area contributed by atoms with Crippen LogP contribution in [0.25, 0.3) is 0 Å². The van der Waals surface area contributed by atoms with Gasteiger partial charge in [-0.25, -0.2) is 4.39 Å². The quantitative estimate of drug-likeness (QED) is 0.872. The number of benzene rings is 1. The second-order valence-corrected chi connectivity index (χ2v) is 6.01. The van der Waals surface area contributed by atoms with E-state index in [2.05, 4.69) is 10.6 Å². The Morgan fingerprint density at radius 3 is 2.79 bits per heavy atom. The van der Waals surface area contributed by atoms with Crippen LogP contribution < -0.4 is 10.6 Å². The predicted molar refractivity (Wildman–Crippen MR) is 77.1 cm³/mol. The molecular weight excluding hydrogens is 239 g/mol. The fourth-order valence-corrected chi connectivity index (χ4v) is 3.38. The standard InChI is InChI=1S/C16H23FN2/c1-11-7-8-15(17)14-9-13(19-16(11)14)10-18-12-5-3-2-4-6-12/h7-8,12-13,18-19H,2-6,9-10H2,1H3. The van der Waals surface area contributed by atoms with Gasteiger partial charge >= 0.3 is 0 Å². The molecule has 1 unspecified atom stereocenters. The van der Waals surface area contributed by atoms with Gasteiger partial charge in [0.2, 0.25) is 0 Å². The Hall–Kier alpha value is -1.09. The molecule has 1 aliphatic heterocycles. The molecule has 0 aromatic heterocycles. The van der Waals surface area contributed by atoms with E-state index in [1.54, 1.807) is 6.07 Å². The number of hydrogen-bond donors (Lipinski definition) is 2. The van der Waals surface area contributed by atoms with Crippen molar-refractivity contribution in [2.75, 3.05) is 11.9 Å². The number of hydrogen-bond acceptors (Lipinski definition) is 2. The predicted octanol–water partition coefficient (Wildman–Crippen LogP) is 3.39. The molecule has 1 saturated carbocycles. The summed E-state index contributed by atoms with van der Waals surface area (Å²) in [6.45, 7) is 2.99. The van der Waals surface area contributed by atoms with Gasteiger partial charge in [0, 0.05) is 29.9 Å². The molecule has 0 amide bonds. The van der Waals surface area contributed by atoms with E-state index in [1.165, 1.54) is 32.1 Å². The molecule has 3 rings (SSSR count). The Morgan fingerprint density at radius 2 is 2.05 bits per heavy atom. The average molecular weight is 262 g/mol. The molecule has 2 aliphatic rings. The lowest BCUT2D eigenvalue weighted by Crippen LogP contribution is -2.39. The van der Waals surface area contributed by atoms with Gasteiger partial charge in [-0.1, -0.05) is 25.3 Å². The fourth-order valence-electron chi connectivity index (χ4n) is 3.38. The number of nitrogens with one attached hydrogen (secondary N) is 2. The maximum Gasteiger partial charge on any atom is 0.128 e. The summed E-state index contributed by atoms with van der Waals surface area (Å²) in [5.41, 5.74) is 3.04. The Kier molecular flexibility index (Phi) is 3.74. The van der Waals surface area contributed by atoms with Crippen LogP contribution in [0.5, 0.6) is 0 Å². The van der Waals surface area contributed by atoms with E-state index in [-0.39, 0.29) is 5.82 Å². The van der Waals surface area contributed by atoms with Crippen LogP contribution in [-0.2, 0) is 6.42 Å². The third-order valence-electron chi connectivity index (χ3n) is 4.52. The van der Waals surface area contributed by atoms with Crippen LogP contribution in [0, 0.1) is 12.7 Å². The van der Waals surface area contributed by atoms with Crippen molar-refractivity contribution >= 4 is 5.69 Å². The number of anilines is 1. The van der Waals surface area contributed by atoms with Crippen molar-refractivity contribution in [3.05, 3.63) is 29.1 Å². The van der Waals surface area contributed by atoms with Crippen LogP contribution in [0.1, 0.15) is 43.2 Å². The van der Waals surface area contributed by atoms with Gasteiger partial charge in [-0.05, 0) is 37.8 Å². The van der Waals surface area contributed by atoms with Crippen LogP contribution in [0.2, 0.25) is 0 Å². The molecule has 0 radical (unpaired) electrons. The summed E-state index contributed by atoms with van der Waals surface area (Å²) in [7, 11) is 0. The summed E-state index contributed by atoms with van der Waals surface area (Å²) in [5, 5.41) is 7.13. The number of rotatable bonds is 3. The normalized spacial score (nSPS) is 23.2. The molecular formula is C16H23FN2. The minimum atomic E-state index is -0.0618. The number of halogens is 1. The van der Waals surface area contributed by atoms with Crippen molar-refractivity contribution in [3.63, 3.8) is 0 Å². The van der Waals surface area contributed by atoms with Crippen LogP contribution >= 0.6 is 0 Å². The molecule has 1 aliphatic carbocycles. The van der Waals surface area contributed by atoms with Gasteiger partial charge < -0.3 is 10.6 Å². The summed E-state index contributed by atoms with van der Waals surface area (Å²) >= 11 is 0. The van der Waals surface area contributed by atoms with Crippen LogP contribution in [0.3, 0.4) is 0 Å². The van der Waals surface area contributed by atoms with Gasteiger partial charge in [0.15, 0.2) is 0 Å². The molecule has 0 spiro atoms. The van der Waals surface area contributed by atoms with Crippen molar-refractivity contribution in [1.82, 2.24) is 5.32 Å². The summed E-state index contributed by atoms with van der Waals surface area (Å²) in [6.07, 6.45) is 7.49. The van der Waals surface area contributed by atoms with Crippen molar-refractivity contribution in [3.8, 4) is 0 Å². The van der Waals surface area contributed by atoms with E-state index < -0.39 is 0 Å². The maximum absolute atomic E-state index is 13.8. The first kappa shape index (κ1) is 12.9. The first-order valence-electron chi connectivity index (χ1n) is 7.52. The Bertz CT molecular complexity index is 421. The first-order valence-corrected chi connectivity index (χ1v) is 7.52. The number of aryl methyl sites for hydroxylation is 1. The van der Waals surface area contributed by atoms with Gasteiger partial charge in [-0.2, -0.15) is 0 Å². The molecule has 3 heteroatoms. The Morgan fingerprint density at radius 1 is 1.26 bits per heavy atom. The van der Waals surface area contributed by atoms with Gasteiger partial charge in [0.25, 0.3) is 0 Å². The van der Waals surface area contributed by atoms with Gasteiger partial charge in [0.1, 0.15) is 5.82 Å². The molecule has 0 bridgehead atoms. The lowest BCUT2D eigenvalue weighted by Gasteiger charge is -2.24. The minimum Gasteiger partial charge on any atom is -0.380 e. The molecule has 2 N–H and O–H groups in total. The Balaban J connectivity index is 1.58. The van der Waals surface area contributed by atoms with Gasteiger partial charge in [-0.15, -0.1) is 0 Å². The van der Waals surface area contributed by atoms with E-state index in [1.807, 2.05) is 13.0 Å². The zero-order chi connectivity index (χ0) is 13.2. The largest absolute Gasteiger partial charge is 0.380 e. The van der Waals surface area contributed by atoms with E-state index in [4.69, 9.17) is 0 Å². The van der Waals surface area contributed by atoms with Crippen LogP contribution in [0.4, 0.5) is 10.1 Å². The second-order valence-electron chi connectivity index (χ2n) is 6.01. The Labute approximate surface area is 114 Å². The highest BCUT2D eigenvalue weighted by Crippen LogP contribution is 2.31. The minimum absolute atomic E-state index is 0.0618. The molecule has 1 fully saturated rings. The highest BCUT2D eigenvalue weighted by atomic mass is 19.1. The van der Waals surface area contributed by atoms with Crippen molar-refractivity contribution in [2.45, 2.75) is 57.5 Å². The molecule has 1 atom stereocenters. The third-order valence-corrected chi connectivity index (χ3v) is 4.52. The summed E-state index contributed by atoms with van der Waals surface area (Å²) in [5.74, 6) is -0.0618. The van der Waals surface area contributed by atoms with E-state index in [0.29, 0.717) is 12.1 Å². The molecule has 0 saturated heterocycles. The van der Waals surface area contributed by atoms with E-state index in [9.17, 15) is 4.39 Å². The molecule has 1 aromatic rings. The molecule has 19 heavy (non-hydrogen) atoms. The van der Waals surface area contributed by atoms with E-state index in [0.717, 1.165) is 29.8 Å². The van der Waals surface area contributed by atoms with Crippen molar-refractivity contribution in [1.29, 1.82) is 0 Å². The topological polar surface area (TPSA) is 24.1 Å². The van der Waals surface area contributed by atoms with Crippen molar-refractivity contribution in [2.24, 2.45) is 0 Å². The zero-order valence-electron chi connectivity index (χ0n) is 11.6. The highest BCUT2D eigenvalue weighted by molar-refractivity contribution is 5.62. The fraction of sp³-hybridized carbons (Fsp3) is 0.625. The maximum atomic E-state index is 13.8. The van der Waals surface area contributed by atoms with E-state index >= 15 is 0 Å². The lowest BCUT2D eigenvalue weighted by atomic mass is 9.95. The average Bonchev–Trinajstić information content (AvgIpc) is 2.87. The lowest BCUT2D eigenvalue weighted by molar-refractivity contribution is 0.368. The molecule has 1 heterocycles. The number of fused-ring (bicyclic) bond motifs is 1. The van der Waals surface area contributed by atoms with Crippen LogP contribution in [-0.4, -0.2) is 18.6 Å². The van der Waals surface area contributed by atoms with Crippen LogP contribution in [0.15, 0.2) is 12.1 Å². The summed E-state index contributed by atoms with van der Waals surface area (Å²) in [4.78, 5) is 0. The molecule has 2 nitrogen and oxygen atoms in total. The first-order chi connectivity index (χ1) is 9.24.